The minimum atomic E-state index is 0.152. The molecule has 98 valence electrons. The number of hydrogen-bond donors (Lipinski definition) is 0. The molecule has 1 aliphatic rings. The first-order valence-corrected chi connectivity index (χ1v) is 7.25. The molecule has 3 rings (SSSR count). The summed E-state index contributed by atoms with van der Waals surface area (Å²) in [5, 5.41) is 8.44. The summed E-state index contributed by atoms with van der Waals surface area (Å²) in [5.74, 6) is 0.152. The van der Waals surface area contributed by atoms with E-state index in [1.807, 2.05) is 23.7 Å². The Morgan fingerprint density at radius 2 is 1.95 bits per heavy atom. The summed E-state index contributed by atoms with van der Waals surface area (Å²) in [4.78, 5) is 12.5. The van der Waals surface area contributed by atoms with Gasteiger partial charge in [0.1, 0.15) is 5.71 Å². The Morgan fingerprint density at radius 1 is 1.16 bits per heavy atom. The molecular formula is C14H15N3OS. The Kier molecular flexibility index (Phi) is 3.29. The van der Waals surface area contributed by atoms with E-state index in [0.717, 1.165) is 29.6 Å². The van der Waals surface area contributed by atoms with Crippen LogP contribution in [-0.4, -0.2) is 16.1 Å². The first kappa shape index (κ1) is 12.3. The number of aryl methyl sites for hydroxylation is 1. The summed E-state index contributed by atoms with van der Waals surface area (Å²) in [7, 11) is 1.97. The molecule has 0 unspecified atom stereocenters. The van der Waals surface area contributed by atoms with Gasteiger partial charge in [-0.1, -0.05) is 23.5 Å². The summed E-state index contributed by atoms with van der Waals surface area (Å²) in [6.07, 6.45) is 3.40. The van der Waals surface area contributed by atoms with Crippen LogP contribution in [0.5, 0.6) is 0 Å². The molecule has 1 aromatic heterocycles. The smallest absolute Gasteiger partial charge is 0.211 e. The van der Waals surface area contributed by atoms with E-state index >= 15 is 0 Å². The predicted octanol–water partition coefficient (Wildman–Crippen LogP) is 2.64. The molecule has 0 radical (unpaired) electrons. The zero-order valence-corrected chi connectivity index (χ0v) is 11.6. The van der Waals surface area contributed by atoms with E-state index in [9.17, 15) is 4.79 Å². The van der Waals surface area contributed by atoms with Crippen LogP contribution >= 0.6 is 11.3 Å². The van der Waals surface area contributed by atoms with Gasteiger partial charge in [0.25, 0.3) is 0 Å². The van der Waals surface area contributed by atoms with Crippen molar-refractivity contribution in [3.8, 4) is 0 Å². The van der Waals surface area contributed by atoms with Gasteiger partial charge in [0, 0.05) is 13.5 Å². The number of benzene rings is 1. The molecule has 1 aromatic carbocycles. The van der Waals surface area contributed by atoms with Gasteiger partial charge < -0.3 is 4.57 Å². The minimum Gasteiger partial charge on any atom is -0.318 e. The van der Waals surface area contributed by atoms with Crippen molar-refractivity contribution in [3.05, 3.63) is 29.1 Å². The topological polar surface area (TPSA) is 46.7 Å². The lowest BCUT2D eigenvalue weighted by molar-refractivity contribution is -0.113. The normalized spacial score (nSPS) is 19.5. The van der Waals surface area contributed by atoms with E-state index in [1.165, 1.54) is 4.70 Å². The van der Waals surface area contributed by atoms with Crippen LogP contribution in [0.4, 0.5) is 0 Å². The zero-order chi connectivity index (χ0) is 13.2. The van der Waals surface area contributed by atoms with E-state index < -0.39 is 0 Å². The van der Waals surface area contributed by atoms with Gasteiger partial charge in [-0.15, -0.1) is 10.2 Å². The third-order valence-corrected chi connectivity index (χ3v) is 4.46. The standard InChI is InChI=1S/C14H15N3OS/c1-17-11-7-3-5-9-13(11)19-14(17)16-15-10-6-2-4-8-12(10)18/h3,5,7,9H,2,4,6,8H2,1H3/b15-10-,16-14+. The number of carbonyl (C=O) groups is 1. The predicted molar refractivity (Wildman–Crippen MR) is 77.3 cm³/mol. The fourth-order valence-electron chi connectivity index (χ4n) is 2.25. The number of nitrogens with zero attached hydrogens (tertiary/aromatic N) is 3. The largest absolute Gasteiger partial charge is 0.318 e. The van der Waals surface area contributed by atoms with Crippen molar-refractivity contribution in [1.29, 1.82) is 0 Å². The van der Waals surface area contributed by atoms with Crippen LogP contribution in [0.15, 0.2) is 34.5 Å². The van der Waals surface area contributed by atoms with E-state index in [2.05, 4.69) is 22.3 Å². The van der Waals surface area contributed by atoms with Crippen molar-refractivity contribution in [2.75, 3.05) is 0 Å². The van der Waals surface area contributed by atoms with Crippen LogP contribution in [0.3, 0.4) is 0 Å². The minimum absolute atomic E-state index is 0.152. The molecule has 5 heteroatoms. The second-order valence-electron chi connectivity index (χ2n) is 4.69. The zero-order valence-electron chi connectivity index (χ0n) is 10.8. The number of para-hydroxylation sites is 1. The second kappa shape index (κ2) is 5.09. The average molecular weight is 273 g/mol. The highest BCUT2D eigenvalue weighted by Crippen LogP contribution is 2.15. The van der Waals surface area contributed by atoms with E-state index in [-0.39, 0.29) is 5.78 Å². The van der Waals surface area contributed by atoms with Gasteiger partial charge in [-0.25, -0.2) is 0 Å². The number of carbonyl (C=O) groups excluding carboxylic acids is 1. The lowest BCUT2D eigenvalue weighted by atomic mass is 9.97. The average Bonchev–Trinajstić information content (AvgIpc) is 2.75. The van der Waals surface area contributed by atoms with Crippen molar-refractivity contribution in [3.63, 3.8) is 0 Å². The van der Waals surface area contributed by atoms with Crippen molar-refractivity contribution < 1.29 is 4.79 Å². The van der Waals surface area contributed by atoms with Crippen LogP contribution in [0.25, 0.3) is 10.2 Å². The molecule has 0 bridgehead atoms. The lowest BCUT2D eigenvalue weighted by Gasteiger charge is -2.08. The third kappa shape index (κ3) is 2.38. The third-order valence-electron chi connectivity index (χ3n) is 3.36. The molecule has 1 aliphatic carbocycles. The monoisotopic (exact) mass is 273 g/mol. The van der Waals surface area contributed by atoms with Crippen LogP contribution in [0, 0.1) is 0 Å². The van der Waals surface area contributed by atoms with Crippen molar-refractivity contribution in [1.82, 2.24) is 4.57 Å². The maximum absolute atomic E-state index is 11.7. The highest BCUT2D eigenvalue weighted by atomic mass is 32.1. The number of Topliss-reactive ketones (excluding diaryl/α,β-unsaturated/α-hetero) is 1. The quantitative estimate of drug-likeness (QED) is 0.737. The molecule has 1 heterocycles. The molecule has 0 aliphatic heterocycles. The van der Waals surface area contributed by atoms with Gasteiger partial charge in [0.15, 0.2) is 5.78 Å². The molecule has 2 aromatic rings. The first-order chi connectivity index (χ1) is 9.25. The Morgan fingerprint density at radius 3 is 2.74 bits per heavy atom. The number of hydrogen-bond acceptors (Lipinski definition) is 4. The Labute approximate surface area is 115 Å². The molecular weight excluding hydrogens is 258 g/mol. The van der Waals surface area contributed by atoms with Crippen molar-refractivity contribution >= 4 is 33.0 Å². The van der Waals surface area contributed by atoms with Crippen LogP contribution in [-0.2, 0) is 11.8 Å². The number of thiazole rings is 1. The Balaban J connectivity index is 2.04. The number of rotatable bonds is 1. The molecule has 0 atom stereocenters. The molecule has 0 N–H and O–H groups in total. The highest BCUT2D eigenvalue weighted by molar-refractivity contribution is 7.16. The summed E-state index contributed by atoms with van der Waals surface area (Å²) in [6.45, 7) is 0. The van der Waals surface area contributed by atoms with Crippen LogP contribution in [0.1, 0.15) is 25.7 Å². The number of aromatic nitrogens is 1. The fourth-order valence-corrected chi connectivity index (χ4v) is 3.22. The van der Waals surface area contributed by atoms with E-state index in [0.29, 0.717) is 12.1 Å². The van der Waals surface area contributed by atoms with E-state index in [4.69, 9.17) is 0 Å². The molecule has 4 nitrogen and oxygen atoms in total. The van der Waals surface area contributed by atoms with Gasteiger partial charge in [-0.05, 0) is 31.4 Å². The van der Waals surface area contributed by atoms with Gasteiger partial charge >= 0.3 is 0 Å². The summed E-state index contributed by atoms with van der Waals surface area (Å²) >= 11 is 1.59. The van der Waals surface area contributed by atoms with Gasteiger partial charge in [-0.3, -0.25) is 4.79 Å². The SMILES string of the molecule is Cn1/c(=N\N=C2\CCCCC2=O)sc2ccccc21. The Hall–Kier alpha value is -1.75. The maximum Gasteiger partial charge on any atom is 0.211 e. The van der Waals surface area contributed by atoms with E-state index in [1.54, 1.807) is 11.3 Å². The Bertz CT molecular complexity index is 724. The van der Waals surface area contributed by atoms with Gasteiger partial charge in [-0.2, -0.15) is 0 Å². The van der Waals surface area contributed by atoms with Gasteiger partial charge in [0.2, 0.25) is 4.80 Å². The summed E-state index contributed by atoms with van der Waals surface area (Å²) in [6, 6.07) is 8.15. The van der Waals surface area contributed by atoms with Crippen molar-refractivity contribution in [2.24, 2.45) is 17.3 Å². The number of ketones is 1. The summed E-state index contributed by atoms with van der Waals surface area (Å²) < 4.78 is 3.19. The fraction of sp³-hybridized carbons (Fsp3) is 0.357. The molecule has 0 spiro atoms. The molecule has 0 amide bonds. The molecule has 0 saturated heterocycles. The number of fused-ring (bicyclic) bond motifs is 1. The lowest BCUT2D eigenvalue weighted by Crippen LogP contribution is -2.19. The van der Waals surface area contributed by atoms with Crippen LogP contribution in [0.2, 0.25) is 0 Å². The van der Waals surface area contributed by atoms with Crippen LogP contribution < -0.4 is 4.80 Å². The van der Waals surface area contributed by atoms with Gasteiger partial charge in [0.05, 0.1) is 10.2 Å². The summed E-state index contributed by atoms with van der Waals surface area (Å²) in [5.41, 5.74) is 1.77. The molecule has 1 fully saturated rings. The molecule has 19 heavy (non-hydrogen) atoms. The maximum atomic E-state index is 11.7. The first-order valence-electron chi connectivity index (χ1n) is 6.44. The van der Waals surface area contributed by atoms with Crippen molar-refractivity contribution in [2.45, 2.75) is 25.7 Å². The highest BCUT2D eigenvalue weighted by Gasteiger charge is 2.16. The molecule has 1 saturated carbocycles. The second-order valence-corrected chi connectivity index (χ2v) is 5.70.